The molecule has 6 heteroatoms. The summed E-state index contributed by atoms with van der Waals surface area (Å²) in [7, 11) is 1.49. The first-order valence-corrected chi connectivity index (χ1v) is 7.63. The van der Waals surface area contributed by atoms with Gasteiger partial charge in [0.25, 0.3) is 0 Å². The van der Waals surface area contributed by atoms with Crippen LogP contribution in [0, 0.1) is 20.8 Å². The van der Waals surface area contributed by atoms with Crippen molar-refractivity contribution in [3.8, 4) is 11.5 Å². The van der Waals surface area contributed by atoms with Gasteiger partial charge in [0.2, 0.25) is 5.91 Å². The highest BCUT2D eigenvalue weighted by Crippen LogP contribution is 2.30. The zero-order chi connectivity index (χ0) is 17.3. The summed E-state index contributed by atoms with van der Waals surface area (Å²) >= 11 is 0. The molecule has 3 aromatic rings. The van der Waals surface area contributed by atoms with Crippen molar-refractivity contribution >= 4 is 22.5 Å². The molecule has 1 N–H and O–H groups in total. The van der Waals surface area contributed by atoms with Gasteiger partial charge in [-0.05, 0) is 44.0 Å². The molecule has 0 aliphatic rings. The number of hydrogen-bond donors (Lipinski definition) is 1. The number of amides is 1. The first-order chi connectivity index (χ1) is 11.5. The van der Waals surface area contributed by atoms with E-state index >= 15 is 0 Å². The Morgan fingerprint density at radius 1 is 1.25 bits per heavy atom. The van der Waals surface area contributed by atoms with Gasteiger partial charge in [0.15, 0.2) is 5.76 Å². The molecule has 2 aromatic heterocycles. The average Bonchev–Trinajstić information content (AvgIpc) is 2.97. The summed E-state index contributed by atoms with van der Waals surface area (Å²) in [5, 5.41) is 7.80. The number of carbonyl (C=O) groups excluding carboxylic acids is 1. The van der Waals surface area contributed by atoms with Crippen LogP contribution in [0.3, 0.4) is 0 Å². The first-order valence-electron chi connectivity index (χ1n) is 7.63. The molecule has 24 heavy (non-hydrogen) atoms. The van der Waals surface area contributed by atoms with Crippen molar-refractivity contribution in [1.82, 2.24) is 10.1 Å². The molecule has 124 valence electrons. The van der Waals surface area contributed by atoms with Gasteiger partial charge in [-0.2, -0.15) is 0 Å². The summed E-state index contributed by atoms with van der Waals surface area (Å²) in [5.74, 6) is 0.435. The van der Waals surface area contributed by atoms with E-state index in [1.807, 2.05) is 45.0 Å². The fourth-order valence-corrected chi connectivity index (χ4v) is 2.66. The van der Waals surface area contributed by atoms with E-state index in [-0.39, 0.29) is 12.5 Å². The molecule has 0 aliphatic carbocycles. The Balaban J connectivity index is 2.10. The fourth-order valence-electron chi connectivity index (χ4n) is 2.66. The number of pyridine rings is 1. The summed E-state index contributed by atoms with van der Waals surface area (Å²) in [4.78, 5) is 16.5. The minimum absolute atomic E-state index is 0.0152. The van der Waals surface area contributed by atoms with Crippen LogP contribution in [0.5, 0.6) is 0 Å². The minimum atomic E-state index is -0.196. The molecule has 0 unspecified atom stereocenters. The molecule has 0 fully saturated rings. The monoisotopic (exact) mass is 325 g/mol. The molecule has 2 heterocycles. The first kappa shape index (κ1) is 16.1. The van der Waals surface area contributed by atoms with E-state index in [0.29, 0.717) is 5.76 Å². The number of hydrogen-bond acceptors (Lipinski definition) is 5. The smallest absolute Gasteiger partial charge is 0.250 e. The zero-order valence-electron chi connectivity index (χ0n) is 14.1. The van der Waals surface area contributed by atoms with Gasteiger partial charge in [0.1, 0.15) is 12.3 Å². The third-order valence-electron chi connectivity index (χ3n) is 3.87. The van der Waals surface area contributed by atoms with E-state index < -0.39 is 0 Å². The van der Waals surface area contributed by atoms with Gasteiger partial charge in [-0.25, -0.2) is 4.98 Å². The van der Waals surface area contributed by atoms with Crippen LogP contribution in [0.15, 0.2) is 28.8 Å². The molecular weight excluding hydrogens is 306 g/mol. The fraction of sp³-hybridized carbons (Fsp3) is 0.278. The van der Waals surface area contributed by atoms with Crippen LogP contribution in [0.25, 0.3) is 22.4 Å². The van der Waals surface area contributed by atoms with Crippen molar-refractivity contribution in [1.29, 1.82) is 0 Å². The molecule has 0 spiro atoms. The molecule has 1 aromatic carbocycles. The predicted octanol–water partition coefficient (Wildman–Crippen LogP) is 3.40. The molecule has 3 rings (SSSR count). The Kier molecular flexibility index (Phi) is 4.31. The minimum Gasteiger partial charge on any atom is -0.375 e. The Bertz CT molecular complexity index is 915. The number of ether oxygens (including phenoxy) is 1. The van der Waals surface area contributed by atoms with Crippen LogP contribution in [0.2, 0.25) is 0 Å². The van der Waals surface area contributed by atoms with Gasteiger partial charge in [0, 0.05) is 24.2 Å². The lowest BCUT2D eigenvalue weighted by molar-refractivity contribution is -0.119. The number of benzene rings is 1. The highest BCUT2D eigenvalue weighted by Gasteiger charge is 2.13. The number of aryl methyl sites for hydroxylation is 3. The van der Waals surface area contributed by atoms with E-state index in [0.717, 1.165) is 39.1 Å². The highest BCUT2D eigenvalue weighted by molar-refractivity contribution is 5.97. The molecule has 0 atom stereocenters. The zero-order valence-corrected chi connectivity index (χ0v) is 14.1. The largest absolute Gasteiger partial charge is 0.375 e. The number of aromatic nitrogens is 2. The summed E-state index contributed by atoms with van der Waals surface area (Å²) in [6.45, 7) is 5.85. The molecule has 0 aliphatic heterocycles. The van der Waals surface area contributed by atoms with Crippen molar-refractivity contribution in [3.05, 3.63) is 41.1 Å². The molecule has 0 bridgehead atoms. The summed E-state index contributed by atoms with van der Waals surface area (Å²) in [6, 6.07) is 7.68. The maximum absolute atomic E-state index is 11.8. The summed E-state index contributed by atoms with van der Waals surface area (Å²) < 4.78 is 10.2. The Labute approximate surface area is 139 Å². The van der Waals surface area contributed by atoms with Gasteiger partial charge >= 0.3 is 0 Å². The third kappa shape index (κ3) is 3.00. The van der Waals surface area contributed by atoms with Crippen LogP contribution >= 0.6 is 0 Å². The maximum atomic E-state index is 11.8. The van der Waals surface area contributed by atoms with E-state index in [1.165, 1.54) is 7.11 Å². The summed E-state index contributed by atoms with van der Waals surface area (Å²) in [6.07, 6.45) is 0. The van der Waals surface area contributed by atoms with Gasteiger partial charge in [0.05, 0.1) is 11.2 Å². The molecule has 0 radical (unpaired) electrons. The summed E-state index contributed by atoms with van der Waals surface area (Å²) in [5.41, 5.74) is 5.07. The van der Waals surface area contributed by atoms with Crippen molar-refractivity contribution in [3.63, 3.8) is 0 Å². The highest BCUT2D eigenvalue weighted by atomic mass is 16.5. The molecular formula is C18H19N3O3. The average molecular weight is 325 g/mol. The topological polar surface area (TPSA) is 77.2 Å². The molecule has 0 saturated heterocycles. The van der Waals surface area contributed by atoms with Crippen LogP contribution in [-0.4, -0.2) is 29.8 Å². The lowest BCUT2D eigenvalue weighted by atomic mass is 10.0. The van der Waals surface area contributed by atoms with E-state index in [9.17, 15) is 4.79 Å². The van der Waals surface area contributed by atoms with Crippen LogP contribution < -0.4 is 5.32 Å². The van der Waals surface area contributed by atoms with Crippen LogP contribution in [0.4, 0.5) is 5.69 Å². The molecule has 0 saturated carbocycles. The second-order valence-corrected chi connectivity index (χ2v) is 5.77. The van der Waals surface area contributed by atoms with Crippen LogP contribution in [-0.2, 0) is 9.53 Å². The number of anilines is 1. The van der Waals surface area contributed by atoms with Gasteiger partial charge < -0.3 is 14.6 Å². The quantitative estimate of drug-likeness (QED) is 0.795. The van der Waals surface area contributed by atoms with Gasteiger partial charge in [-0.1, -0.05) is 11.2 Å². The second kappa shape index (κ2) is 6.41. The van der Waals surface area contributed by atoms with E-state index in [1.54, 1.807) is 0 Å². The van der Waals surface area contributed by atoms with Crippen molar-refractivity contribution in [2.45, 2.75) is 20.8 Å². The SMILES string of the molecule is COCC(=O)Nc1ccc2c(C)cc(-c3cc(C)no3)nc2c1C. The number of nitrogens with one attached hydrogen (secondary N) is 1. The van der Waals surface area contributed by atoms with E-state index in [2.05, 4.69) is 10.5 Å². The third-order valence-corrected chi connectivity index (χ3v) is 3.87. The number of nitrogens with zero attached hydrogens (tertiary/aromatic N) is 2. The maximum Gasteiger partial charge on any atom is 0.250 e. The number of methoxy groups -OCH3 is 1. The normalized spacial score (nSPS) is 11.0. The van der Waals surface area contributed by atoms with Crippen molar-refractivity contribution in [2.75, 3.05) is 19.0 Å². The predicted molar refractivity (Wildman–Crippen MR) is 92.0 cm³/mol. The van der Waals surface area contributed by atoms with Crippen molar-refractivity contribution in [2.24, 2.45) is 0 Å². The Morgan fingerprint density at radius 3 is 2.71 bits per heavy atom. The van der Waals surface area contributed by atoms with Gasteiger partial charge in [-0.15, -0.1) is 0 Å². The van der Waals surface area contributed by atoms with Gasteiger partial charge in [-0.3, -0.25) is 4.79 Å². The Hall–Kier alpha value is -2.73. The second-order valence-electron chi connectivity index (χ2n) is 5.77. The molecule has 6 nitrogen and oxygen atoms in total. The number of rotatable bonds is 4. The number of fused-ring (bicyclic) bond motifs is 1. The lowest BCUT2D eigenvalue weighted by Gasteiger charge is -2.12. The number of carbonyl (C=O) groups is 1. The lowest BCUT2D eigenvalue weighted by Crippen LogP contribution is -2.17. The van der Waals surface area contributed by atoms with Crippen LogP contribution in [0.1, 0.15) is 16.8 Å². The Morgan fingerprint density at radius 2 is 2.04 bits per heavy atom. The standard InChI is InChI=1S/C18H19N3O3/c1-10-7-15(16-8-11(2)21-24-16)20-18-12(3)14(6-5-13(10)18)19-17(22)9-23-4/h5-8H,9H2,1-4H3,(H,19,22). The van der Waals surface area contributed by atoms with E-state index in [4.69, 9.17) is 14.2 Å². The molecule has 1 amide bonds. The van der Waals surface area contributed by atoms with Crippen molar-refractivity contribution < 1.29 is 14.1 Å².